The van der Waals surface area contributed by atoms with E-state index in [1.165, 1.54) is 0 Å². The molecule has 0 amide bonds. The maximum atomic E-state index is 12.9. The first-order valence-corrected chi connectivity index (χ1v) is 9.68. The fraction of sp³-hybridized carbons (Fsp3) is 0.125. The Morgan fingerprint density at radius 3 is 2.38 bits per heavy atom. The Bertz CT molecular complexity index is 1160. The molecular formula is C16H13BrN4O2S. The second kappa shape index (κ2) is 5.42. The lowest BCUT2D eigenvalue weighted by atomic mass is 10.2. The Labute approximate surface area is 146 Å². The second-order valence-corrected chi connectivity index (χ2v) is 8.35. The van der Waals surface area contributed by atoms with E-state index in [-0.39, 0.29) is 10.9 Å². The number of rotatable bonds is 3. The smallest absolute Gasteiger partial charge is 0.256 e. The second-order valence-electron chi connectivity index (χ2n) is 5.55. The Hall–Kier alpha value is -2.19. The van der Waals surface area contributed by atoms with Crippen molar-refractivity contribution in [2.45, 2.75) is 10.9 Å². The van der Waals surface area contributed by atoms with Gasteiger partial charge in [-0.25, -0.2) is 12.8 Å². The molecule has 8 heteroatoms. The molecule has 0 atom stereocenters. The van der Waals surface area contributed by atoms with E-state index in [9.17, 15) is 8.42 Å². The molecule has 0 unspecified atom stereocenters. The molecule has 24 heavy (non-hydrogen) atoms. The number of benzene rings is 2. The summed E-state index contributed by atoms with van der Waals surface area (Å²) < 4.78 is 30.1. The van der Waals surface area contributed by atoms with Crippen molar-refractivity contribution in [1.82, 2.24) is 19.2 Å². The maximum Gasteiger partial charge on any atom is 0.256 e. The van der Waals surface area contributed by atoms with E-state index in [1.54, 1.807) is 16.5 Å². The molecule has 2 aromatic heterocycles. The maximum absolute atomic E-state index is 12.9. The van der Waals surface area contributed by atoms with Crippen LogP contribution in [0.25, 0.3) is 16.8 Å². The van der Waals surface area contributed by atoms with Crippen LogP contribution in [0.2, 0.25) is 0 Å². The molecule has 122 valence electrons. The van der Waals surface area contributed by atoms with Crippen molar-refractivity contribution in [2.24, 2.45) is 7.05 Å². The average Bonchev–Trinajstić information content (AvgIpc) is 3.11. The minimum Gasteiger partial charge on any atom is -0.311 e. The van der Waals surface area contributed by atoms with Gasteiger partial charge in [0.25, 0.3) is 5.16 Å². The summed E-state index contributed by atoms with van der Waals surface area (Å²) in [5, 5.41) is 7.98. The number of sulfone groups is 1. The van der Waals surface area contributed by atoms with Crippen LogP contribution in [-0.2, 0) is 22.6 Å². The van der Waals surface area contributed by atoms with Gasteiger partial charge >= 0.3 is 0 Å². The summed E-state index contributed by atoms with van der Waals surface area (Å²) in [6.45, 7) is 0. The zero-order chi connectivity index (χ0) is 16.9. The molecule has 4 aromatic rings. The van der Waals surface area contributed by atoms with Crippen LogP contribution in [0, 0.1) is 0 Å². The van der Waals surface area contributed by atoms with Crippen molar-refractivity contribution in [3.8, 4) is 0 Å². The summed E-state index contributed by atoms with van der Waals surface area (Å²) in [6.07, 6.45) is 0. The number of nitrogens with zero attached hydrogens (tertiary/aromatic N) is 4. The predicted octanol–water partition coefficient (Wildman–Crippen LogP) is 2.96. The molecule has 0 N–H and O–H groups in total. The lowest BCUT2D eigenvalue weighted by molar-refractivity contribution is 0.585. The fourth-order valence-corrected chi connectivity index (χ4v) is 4.45. The van der Waals surface area contributed by atoms with Gasteiger partial charge < -0.3 is 4.57 Å². The molecule has 0 aliphatic rings. The van der Waals surface area contributed by atoms with Crippen LogP contribution < -0.4 is 0 Å². The van der Waals surface area contributed by atoms with Crippen molar-refractivity contribution in [1.29, 1.82) is 0 Å². The number of hydrogen-bond donors (Lipinski definition) is 0. The number of para-hydroxylation sites is 2. The van der Waals surface area contributed by atoms with Crippen molar-refractivity contribution in [3.63, 3.8) is 0 Å². The Morgan fingerprint density at radius 1 is 1.00 bits per heavy atom. The van der Waals surface area contributed by atoms with E-state index >= 15 is 0 Å². The van der Waals surface area contributed by atoms with Gasteiger partial charge in [0.15, 0.2) is 0 Å². The van der Waals surface area contributed by atoms with Crippen molar-refractivity contribution >= 4 is 42.6 Å². The zero-order valence-corrected chi connectivity index (χ0v) is 15.1. The standard InChI is InChI=1S/C16H13BrN4O2S/c1-20-13-4-2-3-5-14(13)21-15(20)18-19-16(21)24(22,23)10-11-6-8-12(17)9-7-11/h2-9H,10H2,1H3. The number of halogens is 1. The van der Waals surface area contributed by atoms with E-state index < -0.39 is 9.84 Å². The summed E-state index contributed by atoms with van der Waals surface area (Å²) in [5.41, 5.74) is 2.38. The largest absolute Gasteiger partial charge is 0.311 e. The number of hydrogen-bond acceptors (Lipinski definition) is 4. The third kappa shape index (κ3) is 2.33. The van der Waals surface area contributed by atoms with Crippen LogP contribution in [0.4, 0.5) is 0 Å². The summed E-state index contributed by atoms with van der Waals surface area (Å²) in [7, 11) is -1.78. The minimum absolute atomic E-state index is 0.0304. The number of imidazole rings is 1. The van der Waals surface area contributed by atoms with E-state index in [2.05, 4.69) is 26.1 Å². The molecule has 6 nitrogen and oxygen atoms in total. The third-order valence-corrected chi connectivity index (χ3v) is 6.01. The predicted molar refractivity (Wildman–Crippen MR) is 94.5 cm³/mol. The normalized spacial score (nSPS) is 12.2. The van der Waals surface area contributed by atoms with Gasteiger partial charge in [0.05, 0.1) is 16.8 Å². The van der Waals surface area contributed by atoms with Crippen LogP contribution >= 0.6 is 15.9 Å². The molecule has 2 aromatic carbocycles. The Kier molecular flexibility index (Phi) is 3.47. The highest BCUT2D eigenvalue weighted by Gasteiger charge is 2.25. The fourth-order valence-electron chi connectivity index (χ4n) is 2.80. The van der Waals surface area contributed by atoms with Crippen LogP contribution in [-0.4, -0.2) is 27.6 Å². The lowest BCUT2D eigenvalue weighted by Gasteiger charge is -2.03. The average molecular weight is 405 g/mol. The molecule has 0 saturated heterocycles. The van der Waals surface area contributed by atoms with E-state index in [4.69, 9.17) is 0 Å². The SMILES string of the molecule is Cn1c2ccccc2n2c(S(=O)(=O)Cc3ccc(Br)cc3)nnc12. The number of aryl methyl sites for hydroxylation is 1. The van der Waals surface area contributed by atoms with Gasteiger partial charge in [0, 0.05) is 11.5 Å². The molecule has 4 rings (SSSR count). The molecule has 0 saturated carbocycles. The molecule has 0 bridgehead atoms. The van der Waals surface area contributed by atoms with Gasteiger partial charge in [-0.3, -0.25) is 0 Å². The highest BCUT2D eigenvalue weighted by atomic mass is 79.9. The van der Waals surface area contributed by atoms with Crippen LogP contribution in [0.1, 0.15) is 5.56 Å². The van der Waals surface area contributed by atoms with E-state index in [1.807, 2.05) is 48.0 Å². The van der Waals surface area contributed by atoms with E-state index in [0.29, 0.717) is 11.3 Å². The summed E-state index contributed by atoms with van der Waals surface area (Å²) in [5.74, 6) is 0.384. The molecule has 0 fully saturated rings. The van der Waals surface area contributed by atoms with Gasteiger partial charge in [-0.05, 0) is 29.8 Å². The zero-order valence-electron chi connectivity index (χ0n) is 12.7. The van der Waals surface area contributed by atoms with Crippen LogP contribution in [0.3, 0.4) is 0 Å². The van der Waals surface area contributed by atoms with Gasteiger partial charge in [-0.2, -0.15) is 0 Å². The first-order valence-electron chi connectivity index (χ1n) is 7.23. The lowest BCUT2D eigenvalue weighted by Crippen LogP contribution is -2.09. The van der Waals surface area contributed by atoms with Gasteiger partial charge in [0.1, 0.15) is 0 Å². The first-order chi connectivity index (χ1) is 11.5. The third-order valence-electron chi connectivity index (χ3n) is 3.95. The molecule has 2 heterocycles. The summed E-state index contributed by atoms with van der Waals surface area (Å²) in [4.78, 5) is 0. The monoisotopic (exact) mass is 404 g/mol. The molecule has 0 aliphatic carbocycles. The van der Waals surface area contributed by atoms with Crippen LogP contribution in [0.15, 0.2) is 58.2 Å². The summed E-state index contributed by atoms with van der Waals surface area (Å²) in [6, 6.07) is 14.8. The van der Waals surface area contributed by atoms with Gasteiger partial charge in [0.2, 0.25) is 15.6 Å². The van der Waals surface area contributed by atoms with Crippen molar-refractivity contribution < 1.29 is 8.42 Å². The highest BCUT2D eigenvalue weighted by molar-refractivity contribution is 9.10. The van der Waals surface area contributed by atoms with Gasteiger partial charge in [-0.1, -0.05) is 40.2 Å². The summed E-state index contributed by atoms with van der Waals surface area (Å²) >= 11 is 3.35. The molecule has 0 aliphatic heterocycles. The molecule has 0 spiro atoms. The van der Waals surface area contributed by atoms with E-state index in [0.717, 1.165) is 15.5 Å². The number of fused-ring (bicyclic) bond motifs is 3. The topological polar surface area (TPSA) is 69.3 Å². The Morgan fingerprint density at radius 2 is 1.67 bits per heavy atom. The molecular weight excluding hydrogens is 392 g/mol. The quantitative estimate of drug-likeness (QED) is 0.526. The number of aromatic nitrogens is 4. The van der Waals surface area contributed by atoms with Crippen molar-refractivity contribution in [2.75, 3.05) is 0 Å². The van der Waals surface area contributed by atoms with Crippen molar-refractivity contribution in [3.05, 3.63) is 58.6 Å². The Balaban J connectivity index is 1.89. The highest BCUT2D eigenvalue weighted by Crippen LogP contribution is 2.24. The van der Waals surface area contributed by atoms with Crippen LogP contribution in [0.5, 0.6) is 0 Å². The minimum atomic E-state index is -3.63. The van der Waals surface area contributed by atoms with Gasteiger partial charge in [-0.15, -0.1) is 10.2 Å². The first kappa shape index (κ1) is 15.3. The molecule has 0 radical (unpaired) electrons.